The number of carbonyl (C=O) groups is 2. The molecule has 36 heavy (non-hydrogen) atoms. The van der Waals surface area contributed by atoms with Gasteiger partial charge in [0, 0.05) is 27.7 Å². The van der Waals surface area contributed by atoms with E-state index >= 15 is 0 Å². The number of nitrogens with zero attached hydrogens (tertiary/aromatic N) is 1. The molecule has 5 rings (SSSR count). The molecule has 1 N–H and O–H groups in total. The number of nitrogens with one attached hydrogen (secondary N) is 1. The molecule has 0 atom stereocenters. The number of thioether (sulfide) groups is 1. The third kappa shape index (κ3) is 5.63. The van der Waals surface area contributed by atoms with Crippen LogP contribution in [0.5, 0.6) is 0 Å². The van der Waals surface area contributed by atoms with Crippen molar-refractivity contribution in [2.75, 3.05) is 12.4 Å². The highest BCUT2D eigenvalue weighted by atomic mass is 32.2. The Bertz CT molecular complexity index is 1480. The molecule has 0 radical (unpaired) electrons. The molecule has 1 amide bonds. The van der Waals surface area contributed by atoms with E-state index in [0.29, 0.717) is 5.76 Å². The summed E-state index contributed by atoms with van der Waals surface area (Å²) >= 11 is 1.40. The summed E-state index contributed by atoms with van der Waals surface area (Å²) in [6.07, 6.45) is 2.47. The molecule has 0 fully saturated rings. The normalized spacial score (nSPS) is 11.1. The molecule has 0 spiro atoms. The van der Waals surface area contributed by atoms with Gasteiger partial charge in [0.1, 0.15) is 5.76 Å². The predicted octanol–water partition coefficient (Wildman–Crippen LogP) is 5.58. The number of carbonyl (C=O) groups excluding carboxylic acids is 2. The first-order valence-corrected chi connectivity index (χ1v) is 12.8. The summed E-state index contributed by atoms with van der Waals surface area (Å²) in [5, 5.41) is 5.07. The second-order valence-corrected chi connectivity index (χ2v) is 9.44. The van der Waals surface area contributed by atoms with Crippen LogP contribution in [0.15, 0.2) is 101 Å². The van der Waals surface area contributed by atoms with Crippen LogP contribution in [0.1, 0.15) is 11.3 Å². The lowest BCUT2D eigenvalue weighted by Crippen LogP contribution is -2.28. The summed E-state index contributed by atoms with van der Waals surface area (Å²) in [4.78, 5) is 25.1. The van der Waals surface area contributed by atoms with E-state index in [1.807, 2.05) is 12.1 Å². The van der Waals surface area contributed by atoms with Crippen molar-refractivity contribution < 1.29 is 18.7 Å². The number of aromatic nitrogens is 1. The van der Waals surface area contributed by atoms with Crippen LogP contribution in [0.2, 0.25) is 0 Å². The van der Waals surface area contributed by atoms with Crippen LogP contribution in [0.25, 0.3) is 21.8 Å². The summed E-state index contributed by atoms with van der Waals surface area (Å²) < 4.78 is 12.7. The van der Waals surface area contributed by atoms with Gasteiger partial charge in [-0.1, -0.05) is 54.6 Å². The Morgan fingerprint density at radius 3 is 2.53 bits per heavy atom. The Morgan fingerprint density at radius 1 is 0.889 bits per heavy atom. The Balaban J connectivity index is 1.23. The highest BCUT2D eigenvalue weighted by Gasteiger charge is 2.13. The van der Waals surface area contributed by atoms with Crippen LogP contribution < -0.4 is 5.32 Å². The van der Waals surface area contributed by atoms with Gasteiger partial charge >= 0.3 is 5.97 Å². The average molecular weight is 499 g/mol. The fourth-order valence-corrected chi connectivity index (χ4v) is 4.95. The largest absolute Gasteiger partial charge is 0.467 e. The van der Waals surface area contributed by atoms with E-state index in [4.69, 9.17) is 9.15 Å². The molecule has 7 heteroatoms. The molecule has 0 aliphatic rings. The fraction of sp³-hybridized carbons (Fsp3) is 0.172. The van der Waals surface area contributed by atoms with E-state index < -0.39 is 5.97 Å². The van der Waals surface area contributed by atoms with Gasteiger partial charge in [-0.25, -0.2) is 0 Å². The minimum Gasteiger partial charge on any atom is -0.467 e. The van der Waals surface area contributed by atoms with Crippen LogP contribution in [-0.4, -0.2) is 28.8 Å². The highest BCUT2D eigenvalue weighted by Crippen LogP contribution is 2.32. The second kappa shape index (κ2) is 11.2. The molecule has 0 saturated heterocycles. The van der Waals surface area contributed by atoms with Gasteiger partial charge in [-0.2, -0.15) is 0 Å². The Morgan fingerprint density at radius 2 is 1.69 bits per heavy atom. The van der Waals surface area contributed by atoms with E-state index in [9.17, 15) is 9.59 Å². The third-order valence-electron chi connectivity index (χ3n) is 5.97. The number of hydrogen-bond donors (Lipinski definition) is 1. The highest BCUT2D eigenvalue weighted by molar-refractivity contribution is 8.00. The number of amides is 1. The molecule has 5 aromatic rings. The number of fused-ring (bicyclic) bond motifs is 3. The smallest absolute Gasteiger partial charge is 0.316 e. The summed E-state index contributed by atoms with van der Waals surface area (Å²) in [6.45, 7) is 0.806. The summed E-state index contributed by atoms with van der Waals surface area (Å²) in [5.41, 5.74) is 3.64. The lowest BCUT2D eigenvalue weighted by molar-refractivity contribution is -0.146. The maximum Gasteiger partial charge on any atom is 0.316 e. The zero-order chi connectivity index (χ0) is 24.7. The lowest BCUT2D eigenvalue weighted by Gasteiger charge is -2.09. The maximum atomic E-state index is 12.2. The van der Waals surface area contributed by atoms with Crippen molar-refractivity contribution in [1.82, 2.24) is 9.88 Å². The molecule has 0 unspecified atom stereocenters. The SMILES string of the molecule is O=C(COC(=O)CSc1ccc2c3ccccc3n(CCc3ccccc3)c2c1)NCc1ccco1. The van der Waals surface area contributed by atoms with Gasteiger partial charge < -0.3 is 19.0 Å². The minimum atomic E-state index is -0.433. The molecule has 0 bridgehead atoms. The van der Waals surface area contributed by atoms with Gasteiger partial charge in [-0.05, 0) is 42.3 Å². The Kier molecular flexibility index (Phi) is 7.38. The molecular formula is C29H26N2O4S. The number of benzene rings is 3. The molecule has 0 saturated carbocycles. The van der Waals surface area contributed by atoms with E-state index in [1.165, 1.54) is 33.6 Å². The number of furan rings is 1. The summed E-state index contributed by atoms with van der Waals surface area (Å²) in [6, 6.07) is 28.7. The van der Waals surface area contributed by atoms with E-state index in [2.05, 4.69) is 70.5 Å². The average Bonchev–Trinajstić information content (AvgIpc) is 3.55. The van der Waals surface area contributed by atoms with Gasteiger partial charge in [0.05, 0.1) is 24.1 Å². The quantitative estimate of drug-likeness (QED) is 0.201. The van der Waals surface area contributed by atoms with Crippen molar-refractivity contribution in [3.05, 3.63) is 103 Å². The summed E-state index contributed by atoms with van der Waals surface area (Å²) in [7, 11) is 0. The van der Waals surface area contributed by atoms with Gasteiger partial charge in [-0.15, -0.1) is 11.8 Å². The minimum absolute atomic E-state index is 0.126. The van der Waals surface area contributed by atoms with Gasteiger partial charge in [0.15, 0.2) is 6.61 Å². The molecule has 6 nitrogen and oxygen atoms in total. The topological polar surface area (TPSA) is 73.5 Å². The molecule has 0 aliphatic carbocycles. The monoisotopic (exact) mass is 498 g/mol. The molecular weight excluding hydrogens is 472 g/mol. The van der Waals surface area contributed by atoms with E-state index in [1.54, 1.807) is 18.4 Å². The molecule has 3 aromatic carbocycles. The lowest BCUT2D eigenvalue weighted by atomic mass is 10.1. The predicted molar refractivity (Wildman–Crippen MR) is 142 cm³/mol. The van der Waals surface area contributed by atoms with Crippen molar-refractivity contribution in [2.24, 2.45) is 0 Å². The fourth-order valence-electron chi connectivity index (χ4n) is 4.23. The van der Waals surface area contributed by atoms with Crippen LogP contribution in [0.4, 0.5) is 0 Å². The molecule has 182 valence electrons. The van der Waals surface area contributed by atoms with Crippen LogP contribution in [-0.2, 0) is 33.8 Å². The van der Waals surface area contributed by atoms with Crippen LogP contribution >= 0.6 is 11.8 Å². The zero-order valence-corrected chi connectivity index (χ0v) is 20.5. The second-order valence-electron chi connectivity index (χ2n) is 8.39. The number of para-hydroxylation sites is 1. The Hall–Kier alpha value is -3.97. The van der Waals surface area contributed by atoms with Crippen molar-refractivity contribution in [3.8, 4) is 0 Å². The van der Waals surface area contributed by atoms with E-state index in [-0.39, 0.29) is 24.8 Å². The van der Waals surface area contributed by atoms with Crippen molar-refractivity contribution in [2.45, 2.75) is 24.4 Å². The van der Waals surface area contributed by atoms with Crippen molar-refractivity contribution in [3.63, 3.8) is 0 Å². The van der Waals surface area contributed by atoms with Gasteiger partial charge in [-0.3, -0.25) is 9.59 Å². The molecule has 0 aliphatic heterocycles. The van der Waals surface area contributed by atoms with Crippen molar-refractivity contribution >= 4 is 45.4 Å². The number of ether oxygens (including phenoxy) is 1. The number of rotatable bonds is 10. The first-order valence-electron chi connectivity index (χ1n) is 11.8. The summed E-state index contributed by atoms with van der Waals surface area (Å²) in [5.74, 6) is -0.0323. The third-order valence-corrected chi connectivity index (χ3v) is 6.94. The number of esters is 1. The number of aryl methyl sites for hydroxylation is 2. The number of hydrogen-bond acceptors (Lipinski definition) is 5. The van der Waals surface area contributed by atoms with Gasteiger partial charge in [0.2, 0.25) is 0 Å². The maximum absolute atomic E-state index is 12.2. The van der Waals surface area contributed by atoms with Gasteiger partial charge in [0.25, 0.3) is 5.91 Å². The van der Waals surface area contributed by atoms with Crippen LogP contribution in [0, 0.1) is 0 Å². The Labute approximate surface area is 213 Å². The van der Waals surface area contributed by atoms with Crippen LogP contribution in [0.3, 0.4) is 0 Å². The van der Waals surface area contributed by atoms with E-state index in [0.717, 1.165) is 23.4 Å². The molecule has 2 aromatic heterocycles. The first-order chi connectivity index (χ1) is 17.7. The standard InChI is InChI=1S/C29H26N2O4S/c32-28(30-18-22-9-6-16-34-22)19-35-29(33)20-36-23-12-13-25-24-10-4-5-11-26(24)31(27(25)17-23)15-14-21-7-2-1-3-8-21/h1-13,16-17H,14-15,18-20H2,(H,30,32). The van der Waals surface area contributed by atoms with Crippen molar-refractivity contribution in [1.29, 1.82) is 0 Å². The first kappa shape index (κ1) is 23.8. The molecule has 2 heterocycles. The zero-order valence-electron chi connectivity index (χ0n) is 19.7.